The summed E-state index contributed by atoms with van der Waals surface area (Å²) < 4.78 is 34.1. The van der Waals surface area contributed by atoms with Crippen molar-refractivity contribution in [1.82, 2.24) is 0 Å². The zero-order valence-corrected chi connectivity index (χ0v) is 19.8. The van der Waals surface area contributed by atoms with Crippen LogP contribution in [0.4, 0.5) is 8.78 Å². The number of carboxylic acid groups (broad SMARTS) is 1. The molecule has 1 N–H and O–H groups in total. The number of rotatable bonds is 7. The van der Waals surface area contributed by atoms with Crippen molar-refractivity contribution in [2.75, 3.05) is 0 Å². The van der Waals surface area contributed by atoms with Crippen LogP contribution in [0.3, 0.4) is 0 Å². The molecule has 0 saturated carbocycles. The van der Waals surface area contributed by atoms with Crippen LogP contribution in [0.5, 0.6) is 0 Å². The van der Waals surface area contributed by atoms with Gasteiger partial charge in [-0.25, -0.2) is 13.6 Å². The normalized spacial score (nSPS) is 12.1. The summed E-state index contributed by atoms with van der Waals surface area (Å²) in [5.74, 6) is -2.12. The minimum atomic E-state index is -1.28. The van der Waals surface area contributed by atoms with Crippen molar-refractivity contribution in [3.05, 3.63) is 104 Å². The fraction of sp³-hybridized carbons (Fsp3) is 0.241. The Bertz CT molecular complexity index is 1490. The molecule has 0 aliphatic carbocycles. The smallest absolute Gasteiger partial charge is 0.338 e. The largest absolute Gasteiger partial charge is 0.478 e. The highest BCUT2D eigenvalue weighted by Gasteiger charge is 2.20. The minimum absolute atomic E-state index is 0.0227. The van der Waals surface area contributed by atoms with Crippen molar-refractivity contribution in [1.29, 1.82) is 0 Å². The van der Waals surface area contributed by atoms with Gasteiger partial charge in [-0.1, -0.05) is 37.3 Å². The monoisotopic (exact) mass is 476 g/mol. The van der Waals surface area contributed by atoms with Crippen LogP contribution in [0, 0.1) is 25.5 Å². The van der Waals surface area contributed by atoms with Crippen LogP contribution in [0.1, 0.15) is 58.3 Å². The van der Waals surface area contributed by atoms with Crippen molar-refractivity contribution >= 4 is 16.9 Å². The van der Waals surface area contributed by atoms with E-state index in [1.807, 2.05) is 19.9 Å². The van der Waals surface area contributed by atoms with Gasteiger partial charge in [-0.3, -0.25) is 4.79 Å². The minimum Gasteiger partial charge on any atom is -0.478 e. The van der Waals surface area contributed by atoms with Crippen LogP contribution in [0.2, 0.25) is 0 Å². The van der Waals surface area contributed by atoms with Crippen molar-refractivity contribution in [2.45, 2.75) is 46.0 Å². The average molecular weight is 477 g/mol. The first-order chi connectivity index (χ1) is 16.7. The molecule has 4 rings (SSSR count). The van der Waals surface area contributed by atoms with Gasteiger partial charge in [-0.15, -0.1) is 0 Å². The van der Waals surface area contributed by atoms with Crippen molar-refractivity contribution in [2.24, 2.45) is 0 Å². The molecule has 3 aromatic carbocycles. The molecule has 180 valence electrons. The molecule has 6 heteroatoms. The Morgan fingerprint density at radius 3 is 2.51 bits per heavy atom. The summed E-state index contributed by atoms with van der Waals surface area (Å²) in [5, 5.41) is 9.84. The van der Waals surface area contributed by atoms with Gasteiger partial charge in [-0.05, 0) is 80.0 Å². The fourth-order valence-electron chi connectivity index (χ4n) is 4.61. The van der Waals surface area contributed by atoms with Crippen LogP contribution in [-0.2, 0) is 6.42 Å². The van der Waals surface area contributed by atoms with Crippen molar-refractivity contribution in [3.8, 4) is 11.3 Å². The lowest BCUT2D eigenvalue weighted by atomic mass is 9.90. The highest BCUT2D eigenvalue weighted by molar-refractivity contribution is 5.89. The van der Waals surface area contributed by atoms with Crippen LogP contribution in [-0.4, -0.2) is 11.1 Å². The maximum absolute atomic E-state index is 14.0. The lowest BCUT2D eigenvalue weighted by Crippen LogP contribution is -2.10. The van der Waals surface area contributed by atoms with E-state index in [1.54, 1.807) is 31.2 Å². The van der Waals surface area contributed by atoms with Crippen LogP contribution >= 0.6 is 0 Å². The number of aryl methyl sites for hydroxylation is 2. The second kappa shape index (κ2) is 9.82. The molecule has 1 heterocycles. The third kappa shape index (κ3) is 4.87. The van der Waals surface area contributed by atoms with E-state index < -0.39 is 17.6 Å². The summed E-state index contributed by atoms with van der Waals surface area (Å²) in [4.78, 5) is 24.7. The standard InChI is InChI=1S/C29H26F2O4/c1-16-13-22(17(2)7-4-8-19-9-6-12-24(31)25(19)29(33)34)28-23(14-16)26(32)18(3)27(35-28)20-10-5-11-21(30)15-20/h5-6,9-15,17H,4,7-8H2,1-3H3,(H,33,34)/t17-/m0/s1. The van der Waals surface area contributed by atoms with E-state index in [0.717, 1.165) is 17.2 Å². The maximum atomic E-state index is 14.0. The SMILES string of the molecule is Cc1cc([C@@H](C)CCCc2cccc(F)c2C(=O)O)c2oc(-c3cccc(F)c3)c(C)c(=O)c2c1. The van der Waals surface area contributed by atoms with Crippen LogP contribution in [0.25, 0.3) is 22.3 Å². The first kappa shape index (κ1) is 24.3. The van der Waals surface area contributed by atoms with E-state index in [-0.39, 0.29) is 16.9 Å². The molecule has 4 aromatic rings. The summed E-state index contributed by atoms with van der Waals surface area (Å²) >= 11 is 0. The second-order valence-electron chi connectivity index (χ2n) is 9.00. The molecule has 0 spiro atoms. The molecule has 1 aromatic heterocycles. The summed E-state index contributed by atoms with van der Waals surface area (Å²) in [5.41, 5.74) is 3.16. The Labute approximate surface area is 201 Å². The number of hydrogen-bond donors (Lipinski definition) is 1. The van der Waals surface area contributed by atoms with Crippen LogP contribution in [0.15, 0.2) is 63.8 Å². The number of carboxylic acids is 1. The molecule has 1 atom stereocenters. The zero-order valence-electron chi connectivity index (χ0n) is 19.8. The van der Waals surface area contributed by atoms with E-state index >= 15 is 0 Å². The van der Waals surface area contributed by atoms with Crippen LogP contribution < -0.4 is 5.43 Å². The molecule has 0 amide bonds. The molecule has 0 bridgehead atoms. The first-order valence-corrected chi connectivity index (χ1v) is 11.5. The molecule has 0 unspecified atom stereocenters. The quantitative estimate of drug-likeness (QED) is 0.307. The average Bonchev–Trinajstić information content (AvgIpc) is 2.81. The van der Waals surface area contributed by atoms with Crippen molar-refractivity contribution in [3.63, 3.8) is 0 Å². The number of hydrogen-bond acceptors (Lipinski definition) is 3. The molecule has 0 aliphatic rings. The van der Waals surface area contributed by atoms with Gasteiger partial charge in [0.15, 0.2) is 5.43 Å². The lowest BCUT2D eigenvalue weighted by Gasteiger charge is -2.17. The Kier molecular flexibility index (Phi) is 6.83. The van der Waals surface area contributed by atoms with Gasteiger partial charge >= 0.3 is 5.97 Å². The van der Waals surface area contributed by atoms with Crippen molar-refractivity contribution < 1.29 is 23.1 Å². The summed E-state index contributed by atoms with van der Waals surface area (Å²) in [6.07, 6.45) is 1.69. The molecule has 0 saturated heterocycles. The number of aromatic carboxylic acids is 1. The Morgan fingerprint density at radius 1 is 1.06 bits per heavy atom. The molecule has 0 fully saturated rings. The highest BCUT2D eigenvalue weighted by atomic mass is 19.1. The summed E-state index contributed by atoms with van der Waals surface area (Å²) in [6, 6.07) is 14.0. The van der Waals surface area contributed by atoms with E-state index in [1.165, 1.54) is 18.2 Å². The van der Waals surface area contributed by atoms with Gasteiger partial charge in [0.2, 0.25) is 0 Å². The van der Waals surface area contributed by atoms with E-state index in [4.69, 9.17) is 4.42 Å². The predicted molar refractivity (Wildman–Crippen MR) is 132 cm³/mol. The Hall–Kier alpha value is -3.80. The molecule has 0 radical (unpaired) electrons. The predicted octanol–water partition coefficient (Wildman–Crippen LogP) is 7.18. The third-order valence-electron chi connectivity index (χ3n) is 6.41. The van der Waals surface area contributed by atoms with E-state index in [9.17, 15) is 23.5 Å². The number of carbonyl (C=O) groups is 1. The Morgan fingerprint density at radius 2 is 1.80 bits per heavy atom. The number of halogens is 2. The zero-order chi connectivity index (χ0) is 25.3. The fourth-order valence-corrected chi connectivity index (χ4v) is 4.61. The topological polar surface area (TPSA) is 67.5 Å². The van der Waals surface area contributed by atoms with Gasteiger partial charge in [0.05, 0.1) is 10.9 Å². The van der Waals surface area contributed by atoms with Gasteiger partial charge < -0.3 is 9.52 Å². The van der Waals surface area contributed by atoms with Gasteiger partial charge in [0.25, 0.3) is 0 Å². The van der Waals surface area contributed by atoms with Gasteiger partial charge in [0, 0.05) is 11.1 Å². The molecule has 35 heavy (non-hydrogen) atoms. The maximum Gasteiger partial charge on any atom is 0.338 e. The summed E-state index contributed by atoms with van der Waals surface area (Å²) in [6.45, 7) is 5.60. The highest BCUT2D eigenvalue weighted by Crippen LogP contribution is 2.33. The molecule has 0 aliphatic heterocycles. The number of fused-ring (bicyclic) bond motifs is 1. The molecule has 4 nitrogen and oxygen atoms in total. The summed E-state index contributed by atoms with van der Waals surface area (Å²) in [7, 11) is 0. The molecular weight excluding hydrogens is 450 g/mol. The first-order valence-electron chi connectivity index (χ1n) is 11.5. The lowest BCUT2D eigenvalue weighted by molar-refractivity contribution is 0.0690. The van der Waals surface area contributed by atoms with E-state index in [2.05, 4.69) is 0 Å². The van der Waals surface area contributed by atoms with E-state index in [0.29, 0.717) is 52.7 Å². The number of benzene rings is 3. The molecular formula is C29H26F2O4. The van der Waals surface area contributed by atoms with Gasteiger partial charge in [0.1, 0.15) is 23.0 Å². The van der Waals surface area contributed by atoms with Gasteiger partial charge in [-0.2, -0.15) is 0 Å². The Balaban J connectivity index is 1.69. The second-order valence-corrected chi connectivity index (χ2v) is 9.00. The third-order valence-corrected chi connectivity index (χ3v) is 6.41.